The molecular formula is C29H35FN4O3. The Morgan fingerprint density at radius 1 is 1.19 bits per heavy atom. The summed E-state index contributed by atoms with van der Waals surface area (Å²) >= 11 is 0. The molecule has 1 aliphatic carbocycles. The third kappa shape index (κ3) is 5.76. The van der Waals surface area contributed by atoms with Crippen LogP contribution in [0.1, 0.15) is 47.7 Å². The Balaban J connectivity index is 1.59. The van der Waals surface area contributed by atoms with Crippen molar-refractivity contribution in [2.75, 3.05) is 26.2 Å². The third-order valence-corrected chi connectivity index (χ3v) is 7.39. The topological polar surface area (TPSA) is 86.6 Å². The molecule has 0 spiro atoms. The highest BCUT2D eigenvalue weighted by molar-refractivity contribution is 5.97. The van der Waals surface area contributed by atoms with Crippen molar-refractivity contribution in [3.8, 4) is 11.1 Å². The van der Waals surface area contributed by atoms with Gasteiger partial charge in [-0.15, -0.1) is 0 Å². The summed E-state index contributed by atoms with van der Waals surface area (Å²) in [6, 6.07) is 8.83. The second-order valence-electron chi connectivity index (χ2n) is 10.5. The number of nitrogens with one attached hydrogen (secondary N) is 2. The van der Waals surface area contributed by atoms with Crippen LogP contribution >= 0.6 is 0 Å². The van der Waals surface area contributed by atoms with Crippen molar-refractivity contribution in [3.05, 3.63) is 69.4 Å². The van der Waals surface area contributed by atoms with E-state index >= 15 is 0 Å². The second-order valence-corrected chi connectivity index (χ2v) is 10.5. The van der Waals surface area contributed by atoms with Gasteiger partial charge < -0.3 is 20.3 Å². The third-order valence-electron chi connectivity index (χ3n) is 7.39. The number of amides is 1. The summed E-state index contributed by atoms with van der Waals surface area (Å²) in [4.78, 5) is 28.4. The summed E-state index contributed by atoms with van der Waals surface area (Å²) in [5.41, 5.74) is 3.11. The molecule has 1 amide bonds. The minimum atomic E-state index is -0.496. The average molecular weight is 507 g/mol. The normalized spacial score (nSPS) is 17.2. The molecule has 1 aromatic heterocycles. The number of piperazine rings is 1. The summed E-state index contributed by atoms with van der Waals surface area (Å²) in [5.74, 6) is -0.683. The fourth-order valence-electron chi connectivity index (χ4n) is 4.97. The number of aliphatic hydroxyl groups excluding tert-OH is 1. The van der Waals surface area contributed by atoms with Crippen molar-refractivity contribution in [2.45, 2.75) is 58.3 Å². The number of carbonyl (C=O) groups excluding carboxylic acids is 1. The lowest BCUT2D eigenvalue weighted by Crippen LogP contribution is -2.43. The Kier molecular flexibility index (Phi) is 7.42. The van der Waals surface area contributed by atoms with Crippen LogP contribution in [0.25, 0.3) is 21.9 Å². The molecule has 2 fully saturated rings. The lowest BCUT2D eigenvalue weighted by Gasteiger charge is -2.28. The lowest BCUT2D eigenvalue weighted by atomic mass is 9.94. The van der Waals surface area contributed by atoms with E-state index in [4.69, 9.17) is 0 Å². The van der Waals surface area contributed by atoms with Gasteiger partial charge in [-0.2, -0.15) is 0 Å². The number of benzene rings is 2. The van der Waals surface area contributed by atoms with Crippen LogP contribution in [0.3, 0.4) is 0 Å². The maximum Gasteiger partial charge on any atom is 0.258 e. The van der Waals surface area contributed by atoms with Crippen molar-refractivity contribution in [1.29, 1.82) is 0 Å². The van der Waals surface area contributed by atoms with Gasteiger partial charge in [0, 0.05) is 62.5 Å². The number of fused-ring (bicyclic) bond motifs is 1. The van der Waals surface area contributed by atoms with Crippen molar-refractivity contribution >= 4 is 16.7 Å². The highest BCUT2D eigenvalue weighted by Crippen LogP contribution is 2.31. The van der Waals surface area contributed by atoms with Crippen molar-refractivity contribution in [3.63, 3.8) is 0 Å². The van der Waals surface area contributed by atoms with E-state index in [9.17, 15) is 19.1 Å². The van der Waals surface area contributed by atoms with E-state index in [1.807, 2.05) is 18.3 Å². The molecule has 7 nitrogen and oxygen atoms in total. The van der Waals surface area contributed by atoms with Gasteiger partial charge in [0.25, 0.3) is 11.5 Å². The fourth-order valence-corrected chi connectivity index (χ4v) is 4.97. The van der Waals surface area contributed by atoms with Gasteiger partial charge in [-0.25, -0.2) is 4.39 Å². The molecule has 2 aliphatic rings. The zero-order valence-corrected chi connectivity index (χ0v) is 21.5. The van der Waals surface area contributed by atoms with Gasteiger partial charge >= 0.3 is 0 Å². The zero-order chi connectivity index (χ0) is 26.1. The average Bonchev–Trinajstić information content (AvgIpc) is 3.70. The summed E-state index contributed by atoms with van der Waals surface area (Å²) in [7, 11) is 0. The molecule has 1 saturated heterocycles. The minimum Gasteiger partial charge on any atom is -0.393 e. The molecule has 3 aromatic rings. The van der Waals surface area contributed by atoms with Crippen LogP contribution < -0.4 is 16.2 Å². The Morgan fingerprint density at radius 3 is 2.65 bits per heavy atom. The number of carbonyl (C=O) groups is 1. The molecular weight excluding hydrogens is 471 g/mol. The number of nitrogens with zero attached hydrogens (tertiary/aromatic N) is 2. The van der Waals surface area contributed by atoms with Crippen LogP contribution in [-0.4, -0.2) is 58.8 Å². The molecule has 0 bridgehead atoms. The van der Waals surface area contributed by atoms with Gasteiger partial charge in [-0.05, 0) is 85.0 Å². The number of aliphatic hydroxyl groups is 1. The van der Waals surface area contributed by atoms with Gasteiger partial charge in [0.05, 0.1) is 6.10 Å². The minimum absolute atomic E-state index is 0.105. The van der Waals surface area contributed by atoms with Crippen molar-refractivity contribution in [2.24, 2.45) is 0 Å². The first-order chi connectivity index (χ1) is 17.8. The van der Waals surface area contributed by atoms with Gasteiger partial charge in [0.2, 0.25) is 0 Å². The molecule has 0 radical (unpaired) electrons. The SMILES string of the molecule is Cc1c(F)cc(C(=O)NC2CC2)cc1-c1ccc2c(=O)n(CC[C@H](C)O)cc(CN3CCNCC3)c2c1. The highest BCUT2D eigenvalue weighted by atomic mass is 19.1. The molecule has 1 aliphatic heterocycles. The van der Waals surface area contributed by atoms with Crippen LogP contribution in [-0.2, 0) is 13.1 Å². The van der Waals surface area contributed by atoms with Gasteiger partial charge in [-0.1, -0.05) is 6.07 Å². The molecule has 196 valence electrons. The number of aromatic nitrogens is 1. The van der Waals surface area contributed by atoms with E-state index in [-0.39, 0.29) is 17.5 Å². The standard InChI is InChI=1S/C29H35FN4O3/c1-18(35)7-10-34-17-22(16-33-11-8-31-9-12-33)26-13-20(3-6-24(26)29(34)37)25-14-21(15-27(30)19(25)2)28(36)32-23-4-5-23/h3,6,13-15,17-18,23,31,35H,4-5,7-12,16H2,1-2H3,(H,32,36)/t18-/m0/s1. The van der Waals surface area contributed by atoms with Crippen LogP contribution in [0.15, 0.2) is 41.3 Å². The summed E-state index contributed by atoms with van der Waals surface area (Å²) in [5, 5.41) is 17.5. The molecule has 1 saturated carbocycles. The molecule has 8 heteroatoms. The number of rotatable bonds is 8. The van der Waals surface area contributed by atoms with Gasteiger partial charge in [-0.3, -0.25) is 14.5 Å². The quantitative estimate of drug-likeness (QED) is 0.437. The molecule has 37 heavy (non-hydrogen) atoms. The molecule has 1 atom stereocenters. The summed E-state index contributed by atoms with van der Waals surface area (Å²) in [6.07, 6.45) is 3.82. The van der Waals surface area contributed by atoms with Crippen LogP contribution in [0.4, 0.5) is 4.39 Å². The number of hydrogen-bond acceptors (Lipinski definition) is 5. The van der Waals surface area contributed by atoms with E-state index in [1.54, 1.807) is 30.5 Å². The van der Waals surface area contributed by atoms with E-state index < -0.39 is 11.9 Å². The summed E-state index contributed by atoms with van der Waals surface area (Å²) in [6.45, 7) is 8.22. The molecule has 5 rings (SSSR count). The molecule has 3 N–H and O–H groups in total. The maximum absolute atomic E-state index is 14.9. The smallest absolute Gasteiger partial charge is 0.258 e. The number of pyridine rings is 1. The van der Waals surface area contributed by atoms with Crippen molar-refractivity contribution < 1.29 is 14.3 Å². The predicted molar refractivity (Wildman–Crippen MR) is 143 cm³/mol. The number of halogens is 1. The number of hydrogen-bond donors (Lipinski definition) is 3. The monoisotopic (exact) mass is 506 g/mol. The maximum atomic E-state index is 14.9. The molecule has 2 heterocycles. The Labute approximate surface area is 216 Å². The van der Waals surface area contributed by atoms with E-state index in [2.05, 4.69) is 15.5 Å². The van der Waals surface area contributed by atoms with E-state index in [1.165, 1.54) is 6.07 Å². The first-order valence-electron chi connectivity index (χ1n) is 13.2. The zero-order valence-electron chi connectivity index (χ0n) is 21.5. The molecule has 2 aromatic carbocycles. The van der Waals surface area contributed by atoms with Gasteiger partial charge in [0.1, 0.15) is 5.82 Å². The lowest BCUT2D eigenvalue weighted by molar-refractivity contribution is 0.0950. The Bertz CT molecular complexity index is 1370. The van der Waals surface area contributed by atoms with Gasteiger partial charge in [0.15, 0.2) is 0 Å². The van der Waals surface area contributed by atoms with Crippen molar-refractivity contribution in [1.82, 2.24) is 20.1 Å². The summed E-state index contributed by atoms with van der Waals surface area (Å²) < 4.78 is 16.6. The second kappa shape index (κ2) is 10.7. The first-order valence-corrected chi connectivity index (χ1v) is 13.2. The number of aryl methyl sites for hydroxylation is 1. The van der Waals surface area contributed by atoms with Crippen LogP contribution in [0, 0.1) is 12.7 Å². The van der Waals surface area contributed by atoms with E-state index in [0.717, 1.165) is 55.5 Å². The Morgan fingerprint density at radius 2 is 1.95 bits per heavy atom. The molecule has 0 unspecified atom stereocenters. The fraction of sp³-hybridized carbons (Fsp3) is 0.448. The first kappa shape index (κ1) is 25.6. The van der Waals surface area contributed by atoms with Crippen LogP contribution in [0.2, 0.25) is 0 Å². The van der Waals surface area contributed by atoms with Crippen LogP contribution in [0.5, 0.6) is 0 Å². The largest absolute Gasteiger partial charge is 0.393 e. The highest BCUT2D eigenvalue weighted by Gasteiger charge is 2.25. The van der Waals surface area contributed by atoms with E-state index in [0.29, 0.717) is 41.6 Å². The predicted octanol–water partition coefficient (Wildman–Crippen LogP) is 3.18. The Hall–Kier alpha value is -3.07.